The van der Waals surface area contributed by atoms with Crippen LogP contribution < -0.4 is 5.32 Å². The fraction of sp³-hybridized carbons (Fsp3) is 0.333. The normalized spacial score (nSPS) is 14.7. The average Bonchev–Trinajstić information content (AvgIpc) is 3.33. The molecule has 1 saturated heterocycles. The summed E-state index contributed by atoms with van der Waals surface area (Å²) in [5, 5.41) is 9.25. The highest BCUT2D eigenvalue weighted by Gasteiger charge is 2.13. The molecule has 0 spiro atoms. The van der Waals surface area contributed by atoms with Crippen LogP contribution in [0, 0.1) is 0 Å². The van der Waals surface area contributed by atoms with Gasteiger partial charge in [-0.3, -0.25) is 9.48 Å². The predicted octanol–water partition coefficient (Wildman–Crippen LogP) is 3.56. The molecule has 4 rings (SSSR count). The fourth-order valence-corrected chi connectivity index (χ4v) is 3.66. The molecule has 27 heavy (non-hydrogen) atoms. The molecule has 1 N–H and O–H groups in total. The molecule has 140 valence electrons. The first-order valence-corrected chi connectivity index (χ1v) is 9.77. The molecule has 0 aliphatic carbocycles. The van der Waals surface area contributed by atoms with Crippen LogP contribution in [-0.2, 0) is 6.54 Å². The Balaban J connectivity index is 1.45. The van der Waals surface area contributed by atoms with E-state index >= 15 is 0 Å². The zero-order chi connectivity index (χ0) is 18.6. The van der Waals surface area contributed by atoms with Gasteiger partial charge in [0.15, 0.2) is 0 Å². The van der Waals surface area contributed by atoms with Crippen molar-refractivity contribution in [1.29, 1.82) is 0 Å². The molecule has 0 bridgehead atoms. The number of carbonyl (C=O) groups excluding carboxylic acids is 1. The van der Waals surface area contributed by atoms with Crippen LogP contribution in [0.25, 0.3) is 10.9 Å². The molecule has 1 fully saturated rings. The number of amides is 1. The lowest BCUT2D eigenvalue weighted by atomic mass is 10.1. The second kappa shape index (κ2) is 8.11. The SMILES string of the molecule is O=C(NCCN1CCCC1)c1ccc2cnn(Cc3ccc(Cl)cc3)c2c1. The number of hydrogen-bond donors (Lipinski definition) is 1. The molecule has 2 aromatic carbocycles. The van der Waals surface area contributed by atoms with Crippen LogP contribution in [0.4, 0.5) is 0 Å². The van der Waals surface area contributed by atoms with Crippen LogP contribution in [0.5, 0.6) is 0 Å². The zero-order valence-corrected chi connectivity index (χ0v) is 16.0. The summed E-state index contributed by atoms with van der Waals surface area (Å²) in [7, 11) is 0. The minimum atomic E-state index is -0.0321. The van der Waals surface area contributed by atoms with Crippen LogP contribution in [0.15, 0.2) is 48.7 Å². The topological polar surface area (TPSA) is 50.2 Å². The summed E-state index contributed by atoms with van der Waals surface area (Å²) in [5.74, 6) is -0.0321. The van der Waals surface area contributed by atoms with Crippen LogP contribution in [-0.4, -0.2) is 46.8 Å². The molecule has 0 saturated carbocycles. The number of halogens is 1. The van der Waals surface area contributed by atoms with Gasteiger partial charge in [0.2, 0.25) is 0 Å². The molecule has 3 aromatic rings. The van der Waals surface area contributed by atoms with Gasteiger partial charge in [-0.05, 0) is 55.8 Å². The van der Waals surface area contributed by atoms with Gasteiger partial charge in [0.1, 0.15) is 0 Å². The summed E-state index contributed by atoms with van der Waals surface area (Å²) in [6, 6.07) is 13.5. The van der Waals surface area contributed by atoms with E-state index in [0.29, 0.717) is 18.7 Å². The molecule has 1 aliphatic rings. The first-order valence-electron chi connectivity index (χ1n) is 9.40. The minimum Gasteiger partial charge on any atom is -0.351 e. The van der Waals surface area contributed by atoms with Gasteiger partial charge in [0.25, 0.3) is 5.91 Å². The number of nitrogens with one attached hydrogen (secondary N) is 1. The third-order valence-electron chi connectivity index (χ3n) is 5.06. The fourth-order valence-electron chi connectivity index (χ4n) is 3.54. The molecule has 6 heteroatoms. The highest BCUT2D eigenvalue weighted by atomic mass is 35.5. The van der Waals surface area contributed by atoms with E-state index in [2.05, 4.69) is 15.3 Å². The standard InChI is InChI=1S/C21H23ClN4O/c22-19-7-3-16(4-8-19)15-26-20-13-17(5-6-18(20)14-24-26)21(27)23-9-12-25-10-1-2-11-25/h3-8,13-14H,1-2,9-12,15H2,(H,23,27). The first-order chi connectivity index (χ1) is 13.2. The Labute approximate surface area is 163 Å². The van der Waals surface area contributed by atoms with E-state index < -0.39 is 0 Å². The van der Waals surface area contributed by atoms with Crippen LogP contribution in [0.2, 0.25) is 5.02 Å². The van der Waals surface area contributed by atoms with Crippen molar-refractivity contribution >= 4 is 28.4 Å². The van der Waals surface area contributed by atoms with Gasteiger partial charge in [-0.1, -0.05) is 29.8 Å². The van der Waals surface area contributed by atoms with Crippen molar-refractivity contribution < 1.29 is 4.79 Å². The largest absolute Gasteiger partial charge is 0.351 e. The van der Waals surface area contributed by atoms with E-state index in [-0.39, 0.29) is 5.91 Å². The van der Waals surface area contributed by atoms with Crippen LogP contribution in [0.1, 0.15) is 28.8 Å². The second-order valence-electron chi connectivity index (χ2n) is 7.01. The van der Waals surface area contributed by atoms with Gasteiger partial charge in [0.05, 0.1) is 18.3 Å². The van der Waals surface area contributed by atoms with Crippen molar-refractivity contribution in [2.24, 2.45) is 0 Å². The van der Waals surface area contributed by atoms with E-state index in [1.165, 1.54) is 12.8 Å². The minimum absolute atomic E-state index is 0.0321. The molecule has 5 nitrogen and oxygen atoms in total. The smallest absolute Gasteiger partial charge is 0.251 e. The maximum atomic E-state index is 12.5. The predicted molar refractivity (Wildman–Crippen MR) is 108 cm³/mol. The number of likely N-dealkylation sites (tertiary alicyclic amines) is 1. The van der Waals surface area contributed by atoms with Crippen molar-refractivity contribution in [2.75, 3.05) is 26.2 Å². The van der Waals surface area contributed by atoms with Gasteiger partial charge in [-0.25, -0.2) is 0 Å². The van der Waals surface area contributed by atoms with Crippen molar-refractivity contribution in [3.05, 3.63) is 64.8 Å². The summed E-state index contributed by atoms with van der Waals surface area (Å²) >= 11 is 5.96. The lowest BCUT2D eigenvalue weighted by Gasteiger charge is -2.14. The van der Waals surface area contributed by atoms with Gasteiger partial charge in [0, 0.05) is 29.1 Å². The van der Waals surface area contributed by atoms with Gasteiger partial charge in [-0.2, -0.15) is 5.10 Å². The van der Waals surface area contributed by atoms with Crippen molar-refractivity contribution in [3.63, 3.8) is 0 Å². The van der Waals surface area contributed by atoms with E-state index in [4.69, 9.17) is 11.6 Å². The van der Waals surface area contributed by atoms with E-state index in [1.807, 2.05) is 53.3 Å². The quantitative estimate of drug-likeness (QED) is 0.709. The Bertz CT molecular complexity index is 929. The number of fused-ring (bicyclic) bond motifs is 1. The van der Waals surface area contributed by atoms with Crippen LogP contribution in [0.3, 0.4) is 0 Å². The Morgan fingerprint density at radius 2 is 1.89 bits per heavy atom. The summed E-state index contributed by atoms with van der Waals surface area (Å²) < 4.78 is 1.92. The summed E-state index contributed by atoms with van der Waals surface area (Å²) in [5.41, 5.74) is 2.74. The number of hydrogen-bond acceptors (Lipinski definition) is 3. The Morgan fingerprint density at radius 1 is 1.11 bits per heavy atom. The molecular weight excluding hydrogens is 360 g/mol. The number of rotatable bonds is 6. The van der Waals surface area contributed by atoms with Gasteiger partial charge >= 0.3 is 0 Å². The van der Waals surface area contributed by atoms with Gasteiger partial charge < -0.3 is 10.2 Å². The highest BCUT2D eigenvalue weighted by molar-refractivity contribution is 6.30. The van der Waals surface area contributed by atoms with Crippen molar-refractivity contribution in [1.82, 2.24) is 20.0 Å². The van der Waals surface area contributed by atoms with E-state index in [0.717, 1.165) is 41.1 Å². The first kappa shape index (κ1) is 18.0. The summed E-state index contributed by atoms with van der Waals surface area (Å²) in [6.45, 7) is 4.53. The van der Waals surface area contributed by atoms with Gasteiger partial charge in [-0.15, -0.1) is 0 Å². The lowest BCUT2D eigenvalue weighted by Crippen LogP contribution is -2.33. The van der Waals surface area contributed by atoms with Crippen molar-refractivity contribution in [2.45, 2.75) is 19.4 Å². The molecule has 1 amide bonds. The molecule has 1 aromatic heterocycles. The van der Waals surface area contributed by atoms with Crippen LogP contribution >= 0.6 is 11.6 Å². The molecular formula is C21H23ClN4O. The maximum absolute atomic E-state index is 12.5. The Morgan fingerprint density at radius 3 is 2.67 bits per heavy atom. The average molecular weight is 383 g/mol. The third kappa shape index (κ3) is 4.31. The maximum Gasteiger partial charge on any atom is 0.251 e. The molecule has 1 aliphatic heterocycles. The Kier molecular flexibility index (Phi) is 5.41. The summed E-state index contributed by atoms with van der Waals surface area (Å²) in [4.78, 5) is 14.9. The monoisotopic (exact) mass is 382 g/mol. The van der Waals surface area contributed by atoms with E-state index in [9.17, 15) is 4.79 Å². The number of aromatic nitrogens is 2. The highest BCUT2D eigenvalue weighted by Crippen LogP contribution is 2.18. The molecule has 2 heterocycles. The molecule has 0 radical (unpaired) electrons. The number of carbonyl (C=O) groups is 1. The second-order valence-corrected chi connectivity index (χ2v) is 7.44. The third-order valence-corrected chi connectivity index (χ3v) is 5.32. The summed E-state index contributed by atoms with van der Waals surface area (Å²) in [6.07, 6.45) is 4.37. The molecule has 0 atom stereocenters. The van der Waals surface area contributed by atoms with Crippen molar-refractivity contribution in [3.8, 4) is 0 Å². The lowest BCUT2D eigenvalue weighted by molar-refractivity contribution is 0.0950. The number of benzene rings is 2. The number of nitrogens with zero attached hydrogens (tertiary/aromatic N) is 3. The Hall–Kier alpha value is -2.37. The molecule has 0 unspecified atom stereocenters. The zero-order valence-electron chi connectivity index (χ0n) is 15.2. The van der Waals surface area contributed by atoms with E-state index in [1.54, 1.807) is 0 Å².